The van der Waals surface area contributed by atoms with Gasteiger partial charge in [0.05, 0.1) is 18.9 Å². The fourth-order valence-electron chi connectivity index (χ4n) is 2.44. The minimum Gasteiger partial charge on any atom is -0.504 e. The standard InChI is InChI=1S/C21H24O4/c1-4-13-25-20(23)12-14-24-19-11-10-17(15-18(19)22)21(2,3)16-8-6-5-7-9-16/h5-12,14-15,22H,4,13H2,1-3H3. The van der Waals surface area contributed by atoms with Crippen molar-refractivity contribution in [2.24, 2.45) is 0 Å². The zero-order valence-electron chi connectivity index (χ0n) is 14.9. The maximum absolute atomic E-state index is 11.4. The molecule has 4 nitrogen and oxygen atoms in total. The van der Waals surface area contributed by atoms with Crippen molar-refractivity contribution in [3.63, 3.8) is 0 Å². The van der Waals surface area contributed by atoms with E-state index in [1.807, 2.05) is 31.2 Å². The molecule has 0 saturated heterocycles. The Morgan fingerprint density at radius 1 is 1.12 bits per heavy atom. The Balaban J connectivity index is 2.10. The Hall–Kier alpha value is -2.75. The molecule has 0 spiro atoms. The van der Waals surface area contributed by atoms with E-state index < -0.39 is 5.97 Å². The number of aromatic hydroxyl groups is 1. The van der Waals surface area contributed by atoms with E-state index >= 15 is 0 Å². The summed E-state index contributed by atoms with van der Waals surface area (Å²) in [5.74, 6) is -0.164. The van der Waals surface area contributed by atoms with Gasteiger partial charge in [0.15, 0.2) is 11.5 Å². The number of carbonyl (C=O) groups is 1. The van der Waals surface area contributed by atoms with Gasteiger partial charge in [0.1, 0.15) is 0 Å². The predicted molar refractivity (Wildman–Crippen MR) is 97.7 cm³/mol. The van der Waals surface area contributed by atoms with E-state index in [9.17, 15) is 9.90 Å². The maximum Gasteiger partial charge on any atom is 0.333 e. The zero-order valence-corrected chi connectivity index (χ0v) is 14.9. The molecule has 0 radical (unpaired) electrons. The molecule has 4 heteroatoms. The van der Waals surface area contributed by atoms with Crippen LogP contribution in [0.5, 0.6) is 11.5 Å². The van der Waals surface area contributed by atoms with Gasteiger partial charge in [-0.3, -0.25) is 0 Å². The highest BCUT2D eigenvalue weighted by molar-refractivity contribution is 5.81. The Morgan fingerprint density at radius 3 is 2.48 bits per heavy atom. The average Bonchev–Trinajstić information content (AvgIpc) is 2.62. The summed E-state index contributed by atoms with van der Waals surface area (Å²) in [4.78, 5) is 11.4. The quantitative estimate of drug-likeness (QED) is 0.456. The Morgan fingerprint density at radius 2 is 1.84 bits per heavy atom. The number of hydrogen-bond donors (Lipinski definition) is 1. The van der Waals surface area contributed by atoms with Gasteiger partial charge in [0, 0.05) is 5.41 Å². The molecule has 0 atom stereocenters. The number of hydrogen-bond acceptors (Lipinski definition) is 4. The normalized spacial score (nSPS) is 11.5. The van der Waals surface area contributed by atoms with Gasteiger partial charge in [-0.1, -0.05) is 57.2 Å². The lowest BCUT2D eigenvalue weighted by molar-refractivity contribution is -0.137. The number of rotatable bonds is 7. The summed E-state index contributed by atoms with van der Waals surface area (Å²) in [7, 11) is 0. The van der Waals surface area contributed by atoms with Crippen LogP contribution in [0.1, 0.15) is 38.3 Å². The van der Waals surface area contributed by atoms with Gasteiger partial charge in [0.2, 0.25) is 0 Å². The highest BCUT2D eigenvalue weighted by Gasteiger charge is 2.23. The van der Waals surface area contributed by atoms with E-state index in [2.05, 4.69) is 26.0 Å². The van der Waals surface area contributed by atoms with Crippen molar-refractivity contribution in [1.82, 2.24) is 0 Å². The van der Waals surface area contributed by atoms with Gasteiger partial charge >= 0.3 is 5.97 Å². The second-order valence-electron chi connectivity index (χ2n) is 6.26. The number of phenolic OH excluding ortho intramolecular Hbond substituents is 1. The van der Waals surface area contributed by atoms with Crippen LogP contribution in [0.4, 0.5) is 0 Å². The van der Waals surface area contributed by atoms with Crippen LogP contribution in [0.3, 0.4) is 0 Å². The maximum atomic E-state index is 11.4. The molecule has 0 fully saturated rings. The van der Waals surface area contributed by atoms with E-state index in [1.54, 1.807) is 12.1 Å². The lowest BCUT2D eigenvalue weighted by Crippen LogP contribution is -2.18. The van der Waals surface area contributed by atoms with Crippen molar-refractivity contribution < 1.29 is 19.4 Å². The van der Waals surface area contributed by atoms with Crippen molar-refractivity contribution in [3.8, 4) is 11.5 Å². The van der Waals surface area contributed by atoms with E-state index in [4.69, 9.17) is 9.47 Å². The summed E-state index contributed by atoms with van der Waals surface area (Å²) < 4.78 is 10.2. The van der Waals surface area contributed by atoms with Crippen LogP contribution in [0, 0.1) is 0 Å². The average molecular weight is 340 g/mol. The summed E-state index contributed by atoms with van der Waals surface area (Å²) in [6.45, 7) is 6.49. The van der Waals surface area contributed by atoms with Crippen LogP contribution < -0.4 is 4.74 Å². The molecule has 0 amide bonds. The van der Waals surface area contributed by atoms with Crippen molar-refractivity contribution in [2.45, 2.75) is 32.6 Å². The first-order valence-corrected chi connectivity index (χ1v) is 8.34. The van der Waals surface area contributed by atoms with E-state index in [1.165, 1.54) is 12.3 Å². The first-order valence-electron chi connectivity index (χ1n) is 8.34. The third-order valence-corrected chi connectivity index (χ3v) is 4.02. The summed E-state index contributed by atoms with van der Waals surface area (Å²) in [6, 6.07) is 15.4. The summed E-state index contributed by atoms with van der Waals surface area (Å²) >= 11 is 0. The number of phenols is 1. The van der Waals surface area contributed by atoms with Crippen molar-refractivity contribution >= 4 is 5.97 Å². The molecule has 132 valence electrons. The molecule has 0 aliphatic rings. The minimum atomic E-state index is -0.469. The van der Waals surface area contributed by atoms with Gasteiger partial charge < -0.3 is 14.6 Å². The van der Waals surface area contributed by atoms with Crippen LogP contribution in [0.15, 0.2) is 60.9 Å². The van der Waals surface area contributed by atoms with Gasteiger partial charge in [-0.2, -0.15) is 0 Å². The molecule has 0 saturated carbocycles. The summed E-state index contributed by atoms with van der Waals surface area (Å²) in [5.41, 5.74) is 1.87. The predicted octanol–water partition coefficient (Wildman–Crippen LogP) is 4.56. The van der Waals surface area contributed by atoms with Crippen LogP contribution >= 0.6 is 0 Å². The lowest BCUT2D eigenvalue weighted by Gasteiger charge is -2.26. The van der Waals surface area contributed by atoms with Crippen LogP contribution in [-0.4, -0.2) is 17.7 Å². The Bertz CT molecular complexity index is 733. The molecule has 1 N–H and O–H groups in total. The minimum absolute atomic E-state index is 0.0214. The van der Waals surface area contributed by atoms with Gasteiger partial charge in [-0.05, 0) is 29.7 Å². The third kappa shape index (κ3) is 4.86. The second kappa shape index (κ2) is 8.38. The molecule has 2 aromatic carbocycles. The number of esters is 1. The summed E-state index contributed by atoms with van der Waals surface area (Å²) in [5, 5.41) is 10.2. The molecule has 0 aliphatic heterocycles. The lowest BCUT2D eigenvalue weighted by atomic mass is 9.78. The van der Waals surface area contributed by atoms with Crippen LogP contribution in [0.2, 0.25) is 0 Å². The third-order valence-electron chi connectivity index (χ3n) is 4.02. The number of ether oxygens (including phenoxy) is 2. The second-order valence-corrected chi connectivity index (χ2v) is 6.26. The molecular weight excluding hydrogens is 316 g/mol. The largest absolute Gasteiger partial charge is 0.504 e. The Kier molecular flexibility index (Phi) is 6.23. The van der Waals surface area contributed by atoms with Gasteiger partial charge in [0.25, 0.3) is 0 Å². The fourth-order valence-corrected chi connectivity index (χ4v) is 2.44. The molecule has 0 aliphatic carbocycles. The highest BCUT2D eigenvalue weighted by atomic mass is 16.5. The molecule has 0 bridgehead atoms. The fraction of sp³-hybridized carbons (Fsp3) is 0.286. The smallest absolute Gasteiger partial charge is 0.333 e. The van der Waals surface area contributed by atoms with Gasteiger partial charge in [-0.25, -0.2) is 4.79 Å². The summed E-state index contributed by atoms with van der Waals surface area (Å²) in [6.07, 6.45) is 3.17. The van der Waals surface area contributed by atoms with Crippen molar-refractivity contribution in [2.75, 3.05) is 6.61 Å². The van der Waals surface area contributed by atoms with Crippen LogP contribution in [0.25, 0.3) is 0 Å². The van der Waals surface area contributed by atoms with Crippen molar-refractivity contribution in [3.05, 3.63) is 72.0 Å². The monoisotopic (exact) mass is 340 g/mol. The molecule has 0 heterocycles. The molecular formula is C21H24O4. The zero-order chi connectivity index (χ0) is 18.3. The van der Waals surface area contributed by atoms with Gasteiger partial charge in [-0.15, -0.1) is 0 Å². The Labute approximate surface area is 148 Å². The molecule has 25 heavy (non-hydrogen) atoms. The molecule has 2 aromatic rings. The highest BCUT2D eigenvalue weighted by Crippen LogP contribution is 2.36. The topological polar surface area (TPSA) is 55.8 Å². The first kappa shape index (κ1) is 18.6. The SMILES string of the molecule is CCCOC(=O)C=COc1ccc(C(C)(C)c2ccccc2)cc1O. The van der Waals surface area contributed by atoms with E-state index in [0.717, 1.165) is 17.5 Å². The number of benzene rings is 2. The molecule has 0 unspecified atom stereocenters. The first-order chi connectivity index (χ1) is 11.9. The van der Waals surface area contributed by atoms with Crippen LogP contribution in [-0.2, 0) is 14.9 Å². The number of carbonyl (C=O) groups excluding carboxylic acids is 1. The molecule has 2 rings (SSSR count). The van der Waals surface area contributed by atoms with Crippen molar-refractivity contribution in [1.29, 1.82) is 0 Å². The van der Waals surface area contributed by atoms with E-state index in [0.29, 0.717) is 6.61 Å². The van der Waals surface area contributed by atoms with E-state index in [-0.39, 0.29) is 16.9 Å². The molecule has 0 aromatic heterocycles.